The molecule has 1 aliphatic heterocycles. The van der Waals surface area contributed by atoms with Crippen LogP contribution in [0.3, 0.4) is 0 Å². The van der Waals surface area contributed by atoms with Crippen molar-refractivity contribution < 1.29 is 19.4 Å². The Balaban J connectivity index is 1.49. The molecule has 1 atom stereocenters. The molecule has 0 radical (unpaired) electrons. The maximum absolute atomic E-state index is 12.7. The maximum Gasteiger partial charge on any atom is 0.244 e. The van der Waals surface area contributed by atoms with Crippen LogP contribution in [-0.2, 0) is 4.79 Å². The summed E-state index contributed by atoms with van der Waals surface area (Å²) >= 11 is 9.32. The number of hydrogen-bond donors (Lipinski definition) is 2. The molecule has 2 aromatic carbocycles. The lowest BCUT2D eigenvalue weighted by molar-refractivity contribution is -0.117. The molecule has 33 heavy (non-hydrogen) atoms. The Morgan fingerprint density at radius 3 is 2.58 bits per heavy atom. The van der Waals surface area contributed by atoms with Crippen molar-refractivity contribution in [2.24, 2.45) is 5.92 Å². The van der Waals surface area contributed by atoms with Crippen LogP contribution in [-0.4, -0.2) is 61.1 Å². The number of halogens is 2. The summed E-state index contributed by atoms with van der Waals surface area (Å²) in [6.07, 6.45) is 4.61. The topological polar surface area (TPSA) is 78.9 Å². The Bertz CT molecular complexity index is 988. The first-order chi connectivity index (χ1) is 15.9. The first-order valence-corrected chi connectivity index (χ1v) is 12.0. The third-order valence-electron chi connectivity index (χ3n) is 5.74. The SMILES string of the molecule is COc1ccc(Br)cc1/C=C/C(=O)NC(CO)CN1CCC(C(=O)c2ccc(Cl)cc2)CC1. The number of nitrogens with one attached hydrogen (secondary N) is 1. The van der Waals surface area contributed by atoms with Gasteiger partial charge in [0.05, 0.1) is 19.8 Å². The molecule has 0 spiro atoms. The normalized spacial score (nSPS) is 16.0. The van der Waals surface area contributed by atoms with Crippen LogP contribution in [0.4, 0.5) is 0 Å². The summed E-state index contributed by atoms with van der Waals surface area (Å²) in [5.41, 5.74) is 1.46. The van der Waals surface area contributed by atoms with Crippen LogP contribution in [0.5, 0.6) is 5.75 Å². The molecule has 6 nitrogen and oxygen atoms in total. The molecule has 1 saturated heterocycles. The first-order valence-electron chi connectivity index (χ1n) is 10.8. The predicted molar refractivity (Wildman–Crippen MR) is 134 cm³/mol. The second-order valence-electron chi connectivity index (χ2n) is 8.05. The number of aliphatic hydroxyl groups excluding tert-OH is 1. The standard InChI is InChI=1S/C25H28BrClN2O4/c1-33-23-8-5-20(26)14-19(23)4-9-24(31)28-22(16-30)15-29-12-10-18(11-13-29)25(32)17-2-6-21(27)7-3-17/h2-9,14,18,22,30H,10-13,15-16H2,1H3,(H,28,31)/b9-4+. The number of piperidine rings is 1. The van der Waals surface area contributed by atoms with Gasteiger partial charge in [-0.05, 0) is 74.5 Å². The van der Waals surface area contributed by atoms with Gasteiger partial charge in [0.1, 0.15) is 5.75 Å². The van der Waals surface area contributed by atoms with E-state index in [1.807, 2.05) is 18.2 Å². The number of carbonyl (C=O) groups excluding carboxylic acids is 2. The van der Waals surface area contributed by atoms with Crippen molar-refractivity contribution in [2.75, 3.05) is 33.4 Å². The van der Waals surface area contributed by atoms with E-state index in [4.69, 9.17) is 16.3 Å². The summed E-state index contributed by atoms with van der Waals surface area (Å²) in [5.74, 6) is 0.500. The number of ketones is 1. The van der Waals surface area contributed by atoms with Crippen molar-refractivity contribution in [1.82, 2.24) is 10.2 Å². The third kappa shape index (κ3) is 7.40. The summed E-state index contributed by atoms with van der Waals surface area (Å²) in [4.78, 5) is 27.3. The summed E-state index contributed by atoms with van der Waals surface area (Å²) in [5, 5.41) is 13.2. The van der Waals surface area contributed by atoms with E-state index in [9.17, 15) is 14.7 Å². The van der Waals surface area contributed by atoms with Gasteiger partial charge in [0.15, 0.2) is 5.78 Å². The molecular weight excluding hydrogens is 508 g/mol. The molecule has 0 aromatic heterocycles. The van der Waals surface area contributed by atoms with Gasteiger partial charge in [-0.25, -0.2) is 0 Å². The summed E-state index contributed by atoms with van der Waals surface area (Å²) in [6, 6.07) is 12.2. The minimum absolute atomic E-state index is 0.0206. The van der Waals surface area contributed by atoms with Crippen molar-refractivity contribution in [1.29, 1.82) is 0 Å². The highest BCUT2D eigenvalue weighted by Crippen LogP contribution is 2.24. The van der Waals surface area contributed by atoms with Gasteiger partial charge >= 0.3 is 0 Å². The molecule has 1 amide bonds. The molecule has 0 aliphatic carbocycles. The molecule has 1 fully saturated rings. The Kier molecular flexibility index (Phi) is 9.50. The Hall–Kier alpha value is -2.19. The van der Waals surface area contributed by atoms with Gasteiger partial charge in [0.2, 0.25) is 5.91 Å². The Morgan fingerprint density at radius 2 is 1.94 bits per heavy atom. The van der Waals surface area contributed by atoms with Crippen LogP contribution in [0, 0.1) is 5.92 Å². The van der Waals surface area contributed by atoms with E-state index in [-0.39, 0.29) is 24.2 Å². The highest BCUT2D eigenvalue weighted by Gasteiger charge is 2.27. The highest BCUT2D eigenvalue weighted by molar-refractivity contribution is 9.10. The second-order valence-corrected chi connectivity index (χ2v) is 9.41. The summed E-state index contributed by atoms with van der Waals surface area (Å²) in [6.45, 7) is 1.84. The van der Waals surface area contributed by atoms with Crippen LogP contribution in [0.2, 0.25) is 5.02 Å². The number of ether oxygens (including phenoxy) is 1. The molecule has 2 aromatic rings. The lowest BCUT2D eigenvalue weighted by Crippen LogP contribution is -2.48. The lowest BCUT2D eigenvalue weighted by Gasteiger charge is -2.33. The molecule has 0 saturated carbocycles. The quantitative estimate of drug-likeness (QED) is 0.372. The molecular formula is C25H28BrClN2O4. The number of methoxy groups -OCH3 is 1. The molecule has 1 aliphatic rings. The molecule has 3 rings (SSSR count). The number of amides is 1. The predicted octanol–water partition coefficient (Wildman–Crippen LogP) is 4.20. The van der Waals surface area contributed by atoms with Crippen LogP contribution < -0.4 is 10.1 Å². The number of carbonyl (C=O) groups is 2. The first kappa shape index (κ1) is 25.4. The monoisotopic (exact) mass is 534 g/mol. The fraction of sp³-hybridized carbons (Fsp3) is 0.360. The molecule has 1 unspecified atom stereocenters. The Labute approximate surface area is 207 Å². The van der Waals surface area contributed by atoms with Crippen LogP contribution in [0.25, 0.3) is 6.08 Å². The van der Waals surface area contributed by atoms with E-state index >= 15 is 0 Å². The molecule has 1 heterocycles. The lowest BCUT2D eigenvalue weighted by atomic mass is 9.89. The van der Waals surface area contributed by atoms with E-state index in [0.717, 1.165) is 36.0 Å². The van der Waals surface area contributed by atoms with Gasteiger partial charge in [0.25, 0.3) is 0 Å². The van der Waals surface area contributed by atoms with Crippen molar-refractivity contribution in [3.8, 4) is 5.75 Å². The zero-order valence-electron chi connectivity index (χ0n) is 18.5. The fourth-order valence-corrected chi connectivity index (χ4v) is 4.44. The number of hydrogen-bond acceptors (Lipinski definition) is 5. The average Bonchev–Trinajstić information content (AvgIpc) is 2.83. The van der Waals surface area contributed by atoms with E-state index in [1.54, 1.807) is 37.5 Å². The largest absolute Gasteiger partial charge is 0.496 e. The van der Waals surface area contributed by atoms with Crippen LogP contribution in [0.1, 0.15) is 28.8 Å². The fourth-order valence-electron chi connectivity index (χ4n) is 3.94. The number of Topliss-reactive ketones (excluding diaryl/α,β-unsaturated/α-hetero) is 1. The van der Waals surface area contributed by atoms with Gasteiger partial charge in [0, 0.05) is 39.2 Å². The number of benzene rings is 2. The van der Waals surface area contributed by atoms with Crippen molar-refractivity contribution >= 4 is 45.3 Å². The van der Waals surface area contributed by atoms with E-state index in [1.165, 1.54) is 6.08 Å². The summed E-state index contributed by atoms with van der Waals surface area (Å²) < 4.78 is 6.20. The van der Waals surface area contributed by atoms with Gasteiger partial charge < -0.3 is 20.1 Å². The molecule has 176 valence electrons. The van der Waals surface area contributed by atoms with Gasteiger partial charge in [-0.2, -0.15) is 0 Å². The van der Waals surface area contributed by atoms with Crippen LogP contribution in [0.15, 0.2) is 53.0 Å². The zero-order valence-corrected chi connectivity index (χ0v) is 20.8. The Morgan fingerprint density at radius 1 is 1.24 bits per heavy atom. The molecule has 0 bridgehead atoms. The van der Waals surface area contributed by atoms with Gasteiger partial charge in [-0.3, -0.25) is 9.59 Å². The molecule has 8 heteroatoms. The third-order valence-corrected chi connectivity index (χ3v) is 6.48. The zero-order chi connectivity index (χ0) is 23.8. The minimum Gasteiger partial charge on any atom is -0.496 e. The van der Waals surface area contributed by atoms with Gasteiger partial charge in [-0.1, -0.05) is 27.5 Å². The van der Waals surface area contributed by atoms with E-state index in [0.29, 0.717) is 22.9 Å². The molecule has 2 N–H and O–H groups in total. The highest BCUT2D eigenvalue weighted by atomic mass is 79.9. The minimum atomic E-state index is -0.393. The van der Waals surface area contributed by atoms with E-state index < -0.39 is 6.04 Å². The second kappa shape index (κ2) is 12.3. The number of aliphatic hydroxyl groups is 1. The maximum atomic E-state index is 12.7. The smallest absolute Gasteiger partial charge is 0.244 e. The number of likely N-dealkylation sites (tertiary alicyclic amines) is 1. The van der Waals surface area contributed by atoms with Crippen molar-refractivity contribution in [3.05, 3.63) is 69.2 Å². The van der Waals surface area contributed by atoms with Crippen molar-refractivity contribution in [2.45, 2.75) is 18.9 Å². The van der Waals surface area contributed by atoms with Gasteiger partial charge in [-0.15, -0.1) is 0 Å². The van der Waals surface area contributed by atoms with Crippen LogP contribution >= 0.6 is 27.5 Å². The summed E-state index contributed by atoms with van der Waals surface area (Å²) in [7, 11) is 1.58. The number of rotatable bonds is 9. The van der Waals surface area contributed by atoms with Crippen molar-refractivity contribution in [3.63, 3.8) is 0 Å². The number of nitrogens with zero attached hydrogens (tertiary/aromatic N) is 1. The average molecular weight is 536 g/mol. The van der Waals surface area contributed by atoms with E-state index in [2.05, 4.69) is 26.1 Å².